The summed E-state index contributed by atoms with van der Waals surface area (Å²) in [5.74, 6) is 1.85. The first-order valence-electron chi connectivity index (χ1n) is 6.97. The quantitative estimate of drug-likeness (QED) is 0.854. The predicted molar refractivity (Wildman–Crippen MR) is 81.8 cm³/mol. The Morgan fingerprint density at radius 2 is 1.95 bits per heavy atom. The Morgan fingerprint density at radius 3 is 2.53 bits per heavy atom. The summed E-state index contributed by atoms with van der Waals surface area (Å²) < 4.78 is 6.11. The highest BCUT2D eigenvalue weighted by molar-refractivity contribution is 9.10. The number of phenolic OH excluding ortho intramolecular Hbond substituents is 1. The highest BCUT2D eigenvalue weighted by atomic mass is 79.9. The van der Waals surface area contributed by atoms with Crippen molar-refractivity contribution >= 4 is 15.9 Å². The van der Waals surface area contributed by atoms with Crippen molar-refractivity contribution in [3.8, 4) is 11.5 Å². The molecule has 0 aromatic heterocycles. The zero-order valence-corrected chi connectivity index (χ0v) is 13.6. The van der Waals surface area contributed by atoms with Gasteiger partial charge >= 0.3 is 0 Å². The second-order valence-corrected chi connectivity index (χ2v) is 7.28. The Balaban J connectivity index is 2.07. The lowest BCUT2D eigenvalue weighted by Gasteiger charge is -2.34. The third-order valence-electron chi connectivity index (χ3n) is 4.32. The van der Waals surface area contributed by atoms with E-state index in [1.807, 2.05) is 6.07 Å². The lowest BCUT2D eigenvalue weighted by atomic mass is 9.71. The Labute approximate surface area is 124 Å². The molecule has 0 amide bonds. The smallest absolute Gasteiger partial charge is 0.133 e. The van der Waals surface area contributed by atoms with Gasteiger partial charge in [-0.25, -0.2) is 0 Å². The van der Waals surface area contributed by atoms with E-state index in [0.717, 1.165) is 22.2 Å². The zero-order valence-electron chi connectivity index (χ0n) is 12.0. The molecule has 0 bridgehead atoms. The summed E-state index contributed by atoms with van der Waals surface area (Å²) in [7, 11) is 1.66. The van der Waals surface area contributed by atoms with Gasteiger partial charge in [-0.2, -0.15) is 0 Å². The summed E-state index contributed by atoms with van der Waals surface area (Å²) >= 11 is 3.40. The van der Waals surface area contributed by atoms with Crippen molar-refractivity contribution < 1.29 is 9.84 Å². The van der Waals surface area contributed by atoms with Crippen LogP contribution in [-0.2, 0) is 6.42 Å². The van der Waals surface area contributed by atoms with Crippen LogP contribution in [0.1, 0.15) is 45.1 Å². The minimum Gasteiger partial charge on any atom is -0.508 e. The molecule has 0 saturated heterocycles. The predicted octanol–water partition coefficient (Wildman–Crippen LogP) is 4.92. The van der Waals surface area contributed by atoms with E-state index in [1.54, 1.807) is 13.2 Å². The molecule has 0 heterocycles. The van der Waals surface area contributed by atoms with Crippen molar-refractivity contribution in [1.82, 2.24) is 0 Å². The fraction of sp³-hybridized carbons (Fsp3) is 0.625. The summed E-state index contributed by atoms with van der Waals surface area (Å²) in [5.41, 5.74) is 1.50. The highest BCUT2D eigenvalue weighted by Crippen LogP contribution is 2.41. The first kappa shape index (κ1) is 14.7. The lowest BCUT2D eigenvalue weighted by molar-refractivity contribution is 0.190. The van der Waals surface area contributed by atoms with Gasteiger partial charge in [-0.15, -0.1) is 0 Å². The summed E-state index contributed by atoms with van der Waals surface area (Å²) in [6.07, 6.45) is 6.03. The van der Waals surface area contributed by atoms with Crippen LogP contribution >= 0.6 is 15.9 Å². The standard InChI is InChI=1S/C16H23BrO2/c1-16(2)6-4-11(5-7-16)8-12-9-15(19-3)13(17)10-14(12)18/h9-11,18H,4-8H2,1-3H3. The fourth-order valence-electron chi connectivity index (χ4n) is 2.88. The molecule has 1 saturated carbocycles. The van der Waals surface area contributed by atoms with Crippen molar-refractivity contribution in [1.29, 1.82) is 0 Å². The molecule has 1 fully saturated rings. The minimum absolute atomic E-state index is 0.373. The van der Waals surface area contributed by atoms with Crippen LogP contribution in [0.5, 0.6) is 11.5 Å². The molecule has 2 rings (SSSR count). The number of methoxy groups -OCH3 is 1. The van der Waals surface area contributed by atoms with Crippen LogP contribution in [0.3, 0.4) is 0 Å². The number of hydrogen-bond acceptors (Lipinski definition) is 2. The van der Waals surface area contributed by atoms with Crippen molar-refractivity contribution in [2.45, 2.75) is 46.0 Å². The van der Waals surface area contributed by atoms with E-state index in [9.17, 15) is 5.11 Å². The third-order valence-corrected chi connectivity index (χ3v) is 4.94. The molecule has 0 spiro atoms. The van der Waals surface area contributed by atoms with Gasteiger partial charge in [0.05, 0.1) is 11.6 Å². The second-order valence-electron chi connectivity index (χ2n) is 6.43. The van der Waals surface area contributed by atoms with Gasteiger partial charge in [0.15, 0.2) is 0 Å². The molecule has 2 nitrogen and oxygen atoms in total. The normalized spacial score (nSPS) is 19.4. The largest absolute Gasteiger partial charge is 0.508 e. The van der Waals surface area contributed by atoms with Gasteiger partial charge < -0.3 is 9.84 Å². The maximum absolute atomic E-state index is 10.1. The monoisotopic (exact) mass is 326 g/mol. The fourth-order valence-corrected chi connectivity index (χ4v) is 3.37. The lowest BCUT2D eigenvalue weighted by Crippen LogP contribution is -2.22. The van der Waals surface area contributed by atoms with Crippen molar-refractivity contribution in [3.63, 3.8) is 0 Å². The van der Waals surface area contributed by atoms with Crippen LogP contribution in [-0.4, -0.2) is 12.2 Å². The van der Waals surface area contributed by atoms with Crippen LogP contribution in [0.15, 0.2) is 16.6 Å². The van der Waals surface area contributed by atoms with E-state index in [-0.39, 0.29) is 0 Å². The molecule has 0 aliphatic heterocycles. The molecule has 0 atom stereocenters. The van der Waals surface area contributed by atoms with Crippen LogP contribution in [0.25, 0.3) is 0 Å². The van der Waals surface area contributed by atoms with Gasteiger partial charge in [0.1, 0.15) is 11.5 Å². The average molecular weight is 327 g/mol. The molecule has 1 aromatic carbocycles. The van der Waals surface area contributed by atoms with Gasteiger partial charge in [0, 0.05) is 0 Å². The van der Waals surface area contributed by atoms with Gasteiger partial charge in [-0.3, -0.25) is 0 Å². The Hall–Kier alpha value is -0.700. The SMILES string of the molecule is COc1cc(CC2CCC(C)(C)CC2)c(O)cc1Br. The summed E-state index contributed by atoms with van der Waals surface area (Å²) in [6.45, 7) is 4.70. The van der Waals surface area contributed by atoms with E-state index in [0.29, 0.717) is 17.1 Å². The zero-order chi connectivity index (χ0) is 14.0. The maximum atomic E-state index is 10.1. The number of hydrogen-bond donors (Lipinski definition) is 1. The minimum atomic E-state index is 0.373. The highest BCUT2D eigenvalue weighted by Gasteiger charge is 2.27. The molecule has 19 heavy (non-hydrogen) atoms. The number of benzene rings is 1. The van der Waals surface area contributed by atoms with Gasteiger partial charge in [0.2, 0.25) is 0 Å². The molecule has 1 N–H and O–H groups in total. The third kappa shape index (κ3) is 3.65. The van der Waals surface area contributed by atoms with Gasteiger partial charge in [0.25, 0.3) is 0 Å². The second kappa shape index (κ2) is 5.74. The van der Waals surface area contributed by atoms with Crippen LogP contribution in [0, 0.1) is 11.3 Å². The van der Waals surface area contributed by atoms with Crippen molar-refractivity contribution in [2.24, 2.45) is 11.3 Å². The first-order valence-corrected chi connectivity index (χ1v) is 7.76. The molecule has 0 unspecified atom stereocenters. The van der Waals surface area contributed by atoms with Crippen molar-refractivity contribution in [3.05, 3.63) is 22.2 Å². The molecule has 0 radical (unpaired) electrons. The van der Waals surface area contributed by atoms with Crippen LogP contribution < -0.4 is 4.74 Å². The molecule has 1 aliphatic carbocycles. The van der Waals surface area contributed by atoms with Crippen LogP contribution in [0.2, 0.25) is 0 Å². The first-order chi connectivity index (χ1) is 8.91. The van der Waals surface area contributed by atoms with Gasteiger partial charge in [-0.05, 0) is 77.1 Å². The molecular formula is C16H23BrO2. The van der Waals surface area contributed by atoms with E-state index in [2.05, 4.69) is 29.8 Å². The van der Waals surface area contributed by atoms with E-state index >= 15 is 0 Å². The number of halogens is 1. The molecule has 106 valence electrons. The maximum Gasteiger partial charge on any atom is 0.133 e. The number of phenols is 1. The molecular weight excluding hydrogens is 304 g/mol. The van der Waals surface area contributed by atoms with E-state index in [1.165, 1.54) is 25.7 Å². The molecule has 3 heteroatoms. The van der Waals surface area contributed by atoms with Gasteiger partial charge in [-0.1, -0.05) is 13.8 Å². The Kier molecular flexibility index (Phi) is 4.44. The Bertz CT molecular complexity index is 444. The van der Waals surface area contributed by atoms with Crippen molar-refractivity contribution in [2.75, 3.05) is 7.11 Å². The summed E-state index contributed by atoms with van der Waals surface area (Å²) in [5, 5.41) is 10.1. The van der Waals surface area contributed by atoms with E-state index < -0.39 is 0 Å². The molecule has 1 aromatic rings. The average Bonchev–Trinajstić information content (AvgIpc) is 2.35. The van der Waals surface area contributed by atoms with E-state index in [4.69, 9.17) is 4.74 Å². The topological polar surface area (TPSA) is 29.5 Å². The van der Waals surface area contributed by atoms with Crippen LogP contribution in [0.4, 0.5) is 0 Å². The number of rotatable bonds is 3. The Morgan fingerprint density at radius 1 is 1.32 bits per heavy atom. The molecule has 1 aliphatic rings. The number of ether oxygens (including phenoxy) is 1. The summed E-state index contributed by atoms with van der Waals surface area (Å²) in [6, 6.07) is 3.69. The summed E-state index contributed by atoms with van der Waals surface area (Å²) in [4.78, 5) is 0. The number of aromatic hydroxyl groups is 1.